The maximum absolute atomic E-state index is 13.5. The molecule has 0 aromatic heterocycles. The second-order valence-corrected chi connectivity index (χ2v) is 5.37. The highest BCUT2D eigenvalue weighted by molar-refractivity contribution is 9.10. The van der Waals surface area contributed by atoms with Crippen LogP contribution in [0.2, 0.25) is 0 Å². The monoisotopic (exact) mass is 352 g/mol. The van der Waals surface area contributed by atoms with Crippen LogP contribution in [-0.2, 0) is 11.3 Å². The molecule has 2 aromatic carbocycles. The summed E-state index contributed by atoms with van der Waals surface area (Å²) in [6, 6.07) is 9.59. The van der Waals surface area contributed by atoms with Gasteiger partial charge in [0.25, 0.3) is 0 Å². The molecular weight excluding hydrogens is 339 g/mol. The number of aromatic hydroxyl groups is 1. The van der Waals surface area contributed by atoms with Crippen LogP contribution in [0.15, 0.2) is 40.9 Å². The highest BCUT2D eigenvalue weighted by atomic mass is 79.9. The summed E-state index contributed by atoms with van der Waals surface area (Å²) in [5.41, 5.74) is 1.77. The van der Waals surface area contributed by atoms with E-state index >= 15 is 0 Å². The zero-order valence-corrected chi connectivity index (χ0v) is 12.9. The third-order valence-electron chi connectivity index (χ3n) is 2.79. The van der Waals surface area contributed by atoms with Gasteiger partial charge in [0, 0.05) is 19.2 Å². The van der Waals surface area contributed by atoms with Crippen LogP contribution in [0.25, 0.3) is 0 Å². The maximum atomic E-state index is 13.5. The Morgan fingerprint density at radius 2 is 2.05 bits per heavy atom. The maximum Gasteiger partial charge on any atom is 0.221 e. The van der Waals surface area contributed by atoms with Gasteiger partial charge in [0.15, 0.2) is 0 Å². The molecule has 0 fully saturated rings. The van der Waals surface area contributed by atoms with E-state index in [1.165, 1.54) is 19.1 Å². The molecule has 0 unspecified atom stereocenters. The number of nitrogens with one attached hydrogen (secondary N) is 2. The summed E-state index contributed by atoms with van der Waals surface area (Å²) < 4.78 is 14.1. The number of carbonyl (C=O) groups is 1. The first-order valence-electron chi connectivity index (χ1n) is 6.24. The van der Waals surface area contributed by atoms with Gasteiger partial charge in [-0.25, -0.2) is 4.39 Å². The molecule has 4 nitrogen and oxygen atoms in total. The Morgan fingerprint density at radius 3 is 2.71 bits per heavy atom. The molecule has 0 heterocycles. The van der Waals surface area contributed by atoms with Gasteiger partial charge in [-0.3, -0.25) is 4.79 Å². The van der Waals surface area contributed by atoms with Gasteiger partial charge in [0.05, 0.1) is 10.2 Å². The fourth-order valence-corrected chi connectivity index (χ4v) is 2.21. The lowest BCUT2D eigenvalue weighted by atomic mass is 10.2. The molecule has 0 saturated heterocycles. The van der Waals surface area contributed by atoms with E-state index in [-0.39, 0.29) is 17.3 Å². The minimum absolute atomic E-state index is 0.138. The molecule has 0 aliphatic carbocycles. The molecule has 2 aromatic rings. The first-order valence-corrected chi connectivity index (χ1v) is 7.03. The van der Waals surface area contributed by atoms with Crippen molar-refractivity contribution in [2.75, 3.05) is 10.6 Å². The van der Waals surface area contributed by atoms with Crippen LogP contribution in [-0.4, -0.2) is 11.0 Å². The van der Waals surface area contributed by atoms with E-state index in [2.05, 4.69) is 26.6 Å². The van der Waals surface area contributed by atoms with E-state index in [4.69, 9.17) is 0 Å². The summed E-state index contributed by atoms with van der Waals surface area (Å²) in [5.74, 6) is -0.634. The molecule has 21 heavy (non-hydrogen) atoms. The summed E-state index contributed by atoms with van der Waals surface area (Å²) in [5, 5.41) is 15.0. The van der Waals surface area contributed by atoms with Crippen molar-refractivity contribution in [2.45, 2.75) is 13.5 Å². The molecule has 0 radical (unpaired) electrons. The van der Waals surface area contributed by atoms with E-state index in [0.29, 0.717) is 16.7 Å². The number of phenolic OH excluding ortho intramolecular Hbond substituents is 1. The average molecular weight is 353 g/mol. The number of phenols is 1. The molecular formula is C15H14BrFN2O2. The number of anilines is 2. The van der Waals surface area contributed by atoms with Crippen molar-refractivity contribution in [3.63, 3.8) is 0 Å². The van der Waals surface area contributed by atoms with Gasteiger partial charge in [-0.2, -0.15) is 0 Å². The van der Waals surface area contributed by atoms with Gasteiger partial charge >= 0.3 is 0 Å². The number of hydrogen-bond acceptors (Lipinski definition) is 3. The largest absolute Gasteiger partial charge is 0.507 e. The third-order valence-corrected chi connectivity index (χ3v) is 3.42. The third kappa shape index (κ3) is 4.19. The summed E-state index contributed by atoms with van der Waals surface area (Å²) in [6.45, 7) is 1.83. The zero-order valence-electron chi connectivity index (χ0n) is 11.3. The molecule has 0 aliphatic heterocycles. The quantitative estimate of drug-likeness (QED) is 0.782. The van der Waals surface area contributed by atoms with E-state index < -0.39 is 5.82 Å². The Morgan fingerprint density at radius 1 is 1.29 bits per heavy atom. The van der Waals surface area contributed by atoms with Crippen LogP contribution < -0.4 is 10.6 Å². The lowest BCUT2D eigenvalue weighted by Gasteiger charge is -2.10. The standard InChI is InChI=1S/C15H14BrFN2O2/c1-9(20)19-14-7-11(3-4-13(14)17)18-8-10-2-5-15(21)12(16)6-10/h2-7,18,21H,8H2,1H3,(H,19,20). The molecule has 6 heteroatoms. The topological polar surface area (TPSA) is 61.4 Å². The highest BCUT2D eigenvalue weighted by Crippen LogP contribution is 2.25. The number of carbonyl (C=O) groups excluding carboxylic acids is 1. The smallest absolute Gasteiger partial charge is 0.221 e. The average Bonchev–Trinajstić information content (AvgIpc) is 2.43. The summed E-state index contributed by atoms with van der Waals surface area (Å²) >= 11 is 3.25. The van der Waals surface area contributed by atoms with Crippen molar-refractivity contribution in [3.05, 3.63) is 52.3 Å². The first-order chi connectivity index (χ1) is 9.95. The van der Waals surface area contributed by atoms with Crippen LogP contribution in [0.4, 0.5) is 15.8 Å². The Labute approximate surface area is 130 Å². The number of hydrogen-bond donors (Lipinski definition) is 3. The molecule has 2 rings (SSSR count). The number of benzene rings is 2. The van der Waals surface area contributed by atoms with Gasteiger partial charge in [0.2, 0.25) is 5.91 Å². The minimum atomic E-state index is -0.483. The first kappa shape index (κ1) is 15.3. The summed E-state index contributed by atoms with van der Waals surface area (Å²) in [6.07, 6.45) is 0. The predicted octanol–water partition coefficient (Wildman–Crippen LogP) is 3.86. The highest BCUT2D eigenvalue weighted by Gasteiger charge is 2.05. The molecule has 0 saturated carbocycles. The van der Waals surface area contributed by atoms with Crippen molar-refractivity contribution < 1.29 is 14.3 Å². The second-order valence-electron chi connectivity index (χ2n) is 4.52. The molecule has 0 atom stereocenters. The van der Waals surface area contributed by atoms with Gasteiger partial charge in [-0.15, -0.1) is 0 Å². The summed E-state index contributed by atoms with van der Waals surface area (Å²) in [4.78, 5) is 11.0. The predicted molar refractivity (Wildman–Crippen MR) is 83.8 cm³/mol. The molecule has 1 amide bonds. The Hall–Kier alpha value is -2.08. The van der Waals surface area contributed by atoms with Gasteiger partial charge in [-0.05, 0) is 51.8 Å². The fraction of sp³-hybridized carbons (Fsp3) is 0.133. The van der Waals surface area contributed by atoms with E-state index in [1.807, 2.05) is 0 Å². The van der Waals surface area contributed by atoms with Gasteiger partial charge in [-0.1, -0.05) is 6.07 Å². The molecule has 3 N–H and O–H groups in total. The van der Waals surface area contributed by atoms with Crippen molar-refractivity contribution in [3.8, 4) is 5.75 Å². The molecule has 110 valence electrons. The van der Waals surface area contributed by atoms with E-state index in [1.54, 1.807) is 24.3 Å². The summed E-state index contributed by atoms with van der Waals surface area (Å²) in [7, 11) is 0. The second kappa shape index (κ2) is 6.58. The number of amides is 1. The lowest BCUT2D eigenvalue weighted by molar-refractivity contribution is -0.114. The fourth-order valence-electron chi connectivity index (χ4n) is 1.79. The lowest BCUT2D eigenvalue weighted by Crippen LogP contribution is -2.08. The van der Waals surface area contributed by atoms with E-state index in [9.17, 15) is 14.3 Å². The van der Waals surface area contributed by atoms with Crippen molar-refractivity contribution in [2.24, 2.45) is 0 Å². The minimum Gasteiger partial charge on any atom is -0.507 e. The molecule has 0 bridgehead atoms. The Kier molecular flexibility index (Phi) is 4.80. The molecule has 0 aliphatic rings. The van der Waals surface area contributed by atoms with Crippen molar-refractivity contribution >= 4 is 33.2 Å². The number of halogens is 2. The van der Waals surface area contributed by atoms with Crippen LogP contribution in [0.5, 0.6) is 5.75 Å². The normalized spacial score (nSPS) is 10.2. The van der Waals surface area contributed by atoms with Gasteiger partial charge < -0.3 is 15.7 Å². The Bertz CT molecular complexity index is 677. The van der Waals surface area contributed by atoms with Gasteiger partial charge in [0.1, 0.15) is 11.6 Å². The zero-order chi connectivity index (χ0) is 15.4. The van der Waals surface area contributed by atoms with E-state index in [0.717, 1.165) is 5.56 Å². The van der Waals surface area contributed by atoms with Crippen LogP contribution in [0.3, 0.4) is 0 Å². The van der Waals surface area contributed by atoms with Crippen molar-refractivity contribution in [1.29, 1.82) is 0 Å². The Balaban J connectivity index is 2.09. The van der Waals surface area contributed by atoms with Crippen LogP contribution in [0, 0.1) is 5.82 Å². The van der Waals surface area contributed by atoms with Crippen LogP contribution >= 0.6 is 15.9 Å². The van der Waals surface area contributed by atoms with Crippen LogP contribution in [0.1, 0.15) is 12.5 Å². The SMILES string of the molecule is CC(=O)Nc1cc(NCc2ccc(O)c(Br)c2)ccc1F. The number of rotatable bonds is 4. The van der Waals surface area contributed by atoms with Crippen molar-refractivity contribution in [1.82, 2.24) is 0 Å². The molecule has 0 spiro atoms.